The predicted molar refractivity (Wildman–Crippen MR) is 112 cm³/mol. The average Bonchev–Trinajstić information content (AvgIpc) is 3.06. The third kappa shape index (κ3) is 5.15. The summed E-state index contributed by atoms with van der Waals surface area (Å²) >= 11 is 0. The molecule has 0 radical (unpaired) electrons. The first-order valence-electron chi connectivity index (χ1n) is 9.94. The summed E-state index contributed by atoms with van der Waals surface area (Å²) in [6.45, 7) is 3.46. The van der Waals surface area contributed by atoms with E-state index < -0.39 is 15.8 Å². The molecular weight excluding hydrogens is 390 g/mol. The maximum atomic E-state index is 12.8. The van der Waals surface area contributed by atoms with Gasteiger partial charge in [-0.1, -0.05) is 49.4 Å². The van der Waals surface area contributed by atoms with Crippen LogP contribution in [-0.4, -0.2) is 55.4 Å². The maximum Gasteiger partial charge on any atom is 0.310 e. The number of benzene rings is 2. The molecule has 0 saturated carbocycles. The van der Waals surface area contributed by atoms with Crippen molar-refractivity contribution in [2.75, 3.05) is 18.1 Å². The number of carbonyl (C=O) groups is 2. The maximum absolute atomic E-state index is 12.8. The number of hydrogen-bond donors (Lipinski definition) is 0. The summed E-state index contributed by atoms with van der Waals surface area (Å²) in [4.78, 5) is 26.7. The zero-order chi connectivity index (χ0) is 21.0. The molecule has 0 spiro atoms. The quantitative estimate of drug-likeness (QED) is 0.647. The first-order valence-corrected chi connectivity index (χ1v) is 11.8. The normalized spacial score (nSPS) is 19.0. The number of rotatable bonds is 7. The molecule has 7 heteroatoms. The van der Waals surface area contributed by atoms with Gasteiger partial charge in [0, 0.05) is 12.1 Å². The minimum atomic E-state index is -3.11. The highest BCUT2D eigenvalue weighted by Crippen LogP contribution is 2.22. The Balaban J connectivity index is 1.64. The fourth-order valence-corrected chi connectivity index (χ4v) is 5.58. The van der Waals surface area contributed by atoms with E-state index in [0.717, 1.165) is 16.3 Å². The summed E-state index contributed by atoms with van der Waals surface area (Å²) in [5.41, 5.74) is 0.848. The van der Waals surface area contributed by atoms with Gasteiger partial charge in [-0.25, -0.2) is 8.42 Å². The topological polar surface area (TPSA) is 80.8 Å². The van der Waals surface area contributed by atoms with E-state index in [1.165, 1.54) is 0 Å². The van der Waals surface area contributed by atoms with E-state index in [2.05, 4.69) is 0 Å². The molecule has 2 atom stereocenters. The number of hydrogen-bond acceptors (Lipinski definition) is 5. The van der Waals surface area contributed by atoms with Crippen LogP contribution in [0.4, 0.5) is 0 Å². The first-order chi connectivity index (χ1) is 13.8. The SMILES string of the molecule is CC[C@H](C)N(C(=O)COC(=O)Cc1cccc2ccccc12)[C@@H]1CCS(=O)(=O)C1. The summed E-state index contributed by atoms with van der Waals surface area (Å²) in [5.74, 6) is -0.739. The van der Waals surface area contributed by atoms with Crippen LogP contribution in [0.5, 0.6) is 0 Å². The highest BCUT2D eigenvalue weighted by Gasteiger charge is 2.36. The van der Waals surface area contributed by atoms with E-state index in [1.807, 2.05) is 56.3 Å². The first kappa shape index (κ1) is 21.3. The van der Waals surface area contributed by atoms with E-state index in [0.29, 0.717) is 12.8 Å². The molecule has 0 aliphatic carbocycles. The molecule has 1 aliphatic heterocycles. The monoisotopic (exact) mass is 417 g/mol. The van der Waals surface area contributed by atoms with Crippen LogP contribution >= 0.6 is 0 Å². The van der Waals surface area contributed by atoms with Crippen LogP contribution < -0.4 is 0 Å². The minimum Gasteiger partial charge on any atom is -0.455 e. The fraction of sp³-hybridized carbons (Fsp3) is 0.455. The van der Waals surface area contributed by atoms with E-state index in [9.17, 15) is 18.0 Å². The lowest BCUT2D eigenvalue weighted by Crippen LogP contribution is -2.48. The van der Waals surface area contributed by atoms with Gasteiger partial charge in [0.1, 0.15) is 0 Å². The largest absolute Gasteiger partial charge is 0.455 e. The van der Waals surface area contributed by atoms with E-state index in [1.54, 1.807) is 4.90 Å². The molecule has 1 fully saturated rings. The van der Waals surface area contributed by atoms with E-state index in [-0.39, 0.29) is 42.5 Å². The van der Waals surface area contributed by atoms with Crippen LogP contribution in [0.3, 0.4) is 0 Å². The molecule has 2 aromatic carbocycles. The number of ether oxygens (including phenoxy) is 1. The van der Waals surface area contributed by atoms with Crippen LogP contribution in [0.2, 0.25) is 0 Å². The summed E-state index contributed by atoms with van der Waals surface area (Å²) < 4.78 is 28.9. The standard InChI is InChI=1S/C22H27NO5S/c1-3-16(2)23(19-11-12-29(26,27)15-19)21(24)14-28-22(25)13-18-9-6-8-17-7-4-5-10-20(17)18/h4-10,16,19H,3,11-15H2,1-2H3/t16-,19+/m0/s1. The molecule has 156 valence electrons. The summed E-state index contributed by atoms with van der Waals surface area (Å²) in [6.07, 6.45) is 1.21. The Labute approximate surface area is 171 Å². The van der Waals surface area contributed by atoms with Crippen molar-refractivity contribution in [2.45, 2.75) is 45.2 Å². The Bertz CT molecular complexity index is 996. The number of amides is 1. The van der Waals surface area contributed by atoms with Gasteiger partial charge in [0.2, 0.25) is 0 Å². The van der Waals surface area contributed by atoms with Gasteiger partial charge >= 0.3 is 5.97 Å². The Morgan fingerprint density at radius 3 is 2.59 bits per heavy atom. The molecule has 0 N–H and O–H groups in total. The molecule has 2 aromatic rings. The van der Waals surface area contributed by atoms with Gasteiger partial charge in [-0.15, -0.1) is 0 Å². The van der Waals surface area contributed by atoms with Gasteiger partial charge in [-0.05, 0) is 36.1 Å². The van der Waals surface area contributed by atoms with Gasteiger partial charge < -0.3 is 9.64 Å². The van der Waals surface area contributed by atoms with Crippen LogP contribution in [0, 0.1) is 0 Å². The number of carbonyl (C=O) groups excluding carboxylic acids is 2. The van der Waals surface area contributed by atoms with Gasteiger partial charge in [0.25, 0.3) is 5.91 Å². The zero-order valence-electron chi connectivity index (χ0n) is 16.8. The molecule has 1 saturated heterocycles. The number of fused-ring (bicyclic) bond motifs is 1. The number of sulfone groups is 1. The van der Waals surface area contributed by atoms with Crippen molar-refractivity contribution >= 4 is 32.5 Å². The molecule has 29 heavy (non-hydrogen) atoms. The van der Waals surface area contributed by atoms with Crippen LogP contribution in [0.25, 0.3) is 10.8 Å². The molecular formula is C22H27NO5S. The van der Waals surface area contributed by atoms with Crippen molar-refractivity contribution in [2.24, 2.45) is 0 Å². The molecule has 6 nitrogen and oxygen atoms in total. The number of esters is 1. The Hall–Kier alpha value is -2.41. The van der Waals surface area contributed by atoms with Crippen molar-refractivity contribution in [1.29, 1.82) is 0 Å². The second-order valence-corrected chi connectivity index (χ2v) is 9.82. The second kappa shape index (κ2) is 8.95. The summed E-state index contributed by atoms with van der Waals surface area (Å²) in [6, 6.07) is 13.1. The fourth-order valence-electron chi connectivity index (χ4n) is 3.87. The van der Waals surface area contributed by atoms with E-state index >= 15 is 0 Å². The smallest absolute Gasteiger partial charge is 0.310 e. The van der Waals surface area contributed by atoms with Crippen LogP contribution in [0.1, 0.15) is 32.3 Å². The molecule has 3 rings (SSSR count). The Morgan fingerprint density at radius 1 is 1.17 bits per heavy atom. The molecule has 0 bridgehead atoms. The second-order valence-electron chi connectivity index (χ2n) is 7.59. The van der Waals surface area contributed by atoms with Gasteiger partial charge in [-0.2, -0.15) is 0 Å². The van der Waals surface area contributed by atoms with Crippen LogP contribution in [-0.2, 0) is 30.6 Å². The highest BCUT2D eigenvalue weighted by molar-refractivity contribution is 7.91. The summed E-state index contributed by atoms with van der Waals surface area (Å²) in [5, 5.41) is 2.02. The number of nitrogens with zero attached hydrogens (tertiary/aromatic N) is 1. The molecule has 0 aromatic heterocycles. The lowest BCUT2D eigenvalue weighted by molar-refractivity contribution is -0.153. The predicted octanol–water partition coefficient (Wildman–Crippen LogP) is 2.74. The van der Waals surface area contributed by atoms with E-state index in [4.69, 9.17) is 4.74 Å². The third-order valence-corrected chi connectivity index (χ3v) is 7.28. The van der Waals surface area contributed by atoms with Gasteiger partial charge in [-0.3, -0.25) is 9.59 Å². The molecule has 0 unspecified atom stereocenters. The van der Waals surface area contributed by atoms with Crippen molar-refractivity contribution in [1.82, 2.24) is 4.90 Å². The molecule has 1 aliphatic rings. The Morgan fingerprint density at radius 2 is 1.90 bits per heavy atom. The van der Waals surface area contributed by atoms with Crippen molar-refractivity contribution in [3.05, 3.63) is 48.0 Å². The van der Waals surface area contributed by atoms with Gasteiger partial charge in [0.15, 0.2) is 16.4 Å². The molecule has 1 heterocycles. The zero-order valence-corrected chi connectivity index (χ0v) is 17.7. The highest BCUT2D eigenvalue weighted by atomic mass is 32.2. The average molecular weight is 418 g/mol. The van der Waals surface area contributed by atoms with Crippen LogP contribution in [0.15, 0.2) is 42.5 Å². The van der Waals surface area contributed by atoms with Crippen molar-refractivity contribution < 1.29 is 22.7 Å². The van der Waals surface area contributed by atoms with Gasteiger partial charge in [0.05, 0.1) is 17.9 Å². The van der Waals surface area contributed by atoms with Crippen molar-refractivity contribution in [3.63, 3.8) is 0 Å². The van der Waals surface area contributed by atoms with Crippen molar-refractivity contribution in [3.8, 4) is 0 Å². The lowest BCUT2D eigenvalue weighted by atomic mass is 10.0. The Kier molecular flexibility index (Phi) is 6.57. The third-order valence-electron chi connectivity index (χ3n) is 5.53. The molecule has 1 amide bonds. The minimum absolute atomic E-state index is 0.0208. The summed E-state index contributed by atoms with van der Waals surface area (Å²) in [7, 11) is -3.11. The lowest BCUT2D eigenvalue weighted by Gasteiger charge is -2.33.